The van der Waals surface area contributed by atoms with Crippen LogP contribution in [0.25, 0.3) is 0 Å². The molecule has 0 amide bonds. The molecule has 9 heteroatoms. The third kappa shape index (κ3) is 3.84. The zero-order chi connectivity index (χ0) is 17.4. The highest BCUT2D eigenvalue weighted by molar-refractivity contribution is 6.43. The SMILES string of the molecule is CN1CCN(c2cccc(Cl)c2Cl)[C@](C)(OC(=O)C(F)(F)F)C1. The molecule has 0 radical (unpaired) electrons. The number of nitrogens with zero attached hydrogens (tertiary/aromatic N) is 2. The van der Waals surface area contributed by atoms with Crippen LogP contribution in [0, 0.1) is 0 Å². The first-order chi connectivity index (χ1) is 10.5. The second kappa shape index (κ2) is 6.37. The largest absolute Gasteiger partial charge is 0.491 e. The van der Waals surface area contributed by atoms with Crippen LogP contribution in [0.15, 0.2) is 18.2 Å². The first kappa shape index (κ1) is 18.2. The smallest absolute Gasteiger partial charge is 0.431 e. The van der Waals surface area contributed by atoms with E-state index in [1.54, 1.807) is 30.1 Å². The second-order valence-electron chi connectivity index (χ2n) is 5.52. The Morgan fingerprint density at radius 3 is 2.57 bits per heavy atom. The Morgan fingerprint density at radius 2 is 1.96 bits per heavy atom. The molecular weight excluding hydrogens is 356 g/mol. The van der Waals surface area contributed by atoms with Crippen molar-refractivity contribution in [1.82, 2.24) is 4.90 Å². The highest BCUT2D eigenvalue weighted by atomic mass is 35.5. The Balaban J connectivity index is 2.39. The van der Waals surface area contributed by atoms with Gasteiger partial charge in [-0.05, 0) is 26.1 Å². The number of carbonyl (C=O) groups is 1. The van der Waals surface area contributed by atoms with Gasteiger partial charge in [-0.3, -0.25) is 4.90 Å². The molecule has 1 heterocycles. The first-order valence-electron chi connectivity index (χ1n) is 6.75. The van der Waals surface area contributed by atoms with Crippen LogP contribution in [-0.4, -0.2) is 49.5 Å². The number of ether oxygens (including phenoxy) is 1. The van der Waals surface area contributed by atoms with E-state index in [0.717, 1.165) is 0 Å². The van der Waals surface area contributed by atoms with Gasteiger partial charge in [0.15, 0.2) is 5.72 Å². The van der Waals surface area contributed by atoms with Gasteiger partial charge in [0, 0.05) is 13.1 Å². The van der Waals surface area contributed by atoms with Gasteiger partial charge in [0.25, 0.3) is 0 Å². The van der Waals surface area contributed by atoms with Gasteiger partial charge in [-0.2, -0.15) is 13.2 Å². The molecule has 1 aliphatic rings. The van der Waals surface area contributed by atoms with E-state index in [0.29, 0.717) is 18.8 Å². The van der Waals surface area contributed by atoms with Gasteiger partial charge in [0.2, 0.25) is 0 Å². The number of carbonyl (C=O) groups excluding carboxylic acids is 1. The number of benzene rings is 1. The lowest BCUT2D eigenvalue weighted by atomic mass is 10.1. The highest BCUT2D eigenvalue weighted by Gasteiger charge is 2.49. The predicted molar refractivity (Wildman–Crippen MR) is 81.9 cm³/mol. The van der Waals surface area contributed by atoms with Crippen LogP contribution in [0.5, 0.6) is 0 Å². The van der Waals surface area contributed by atoms with E-state index in [1.165, 1.54) is 11.8 Å². The molecule has 23 heavy (non-hydrogen) atoms. The molecule has 0 saturated carbocycles. The van der Waals surface area contributed by atoms with E-state index in [2.05, 4.69) is 0 Å². The van der Waals surface area contributed by atoms with Crippen molar-refractivity contribution in [2.45, 2.75) is 18.8 Å². The maximum atomic E-state index is 12.6. The minimum Gasteiger partial charge on any atom is -0.431 e. The monoisotopic (exact) mass is 370 g/mol. The number of hydrogen-bond acceptors (Lipinski definition) is 4. The number of likely N-dealkylation sites (N-methyl/N-ethyl adjacent to an activating group) is 1. The molecule has 0 N–H and O–H groups in total. The molecule has 1 saturated heterocycles. The summed E-state index contributed by atoms with van der Waals surface area (Å²) in [5.41, 5.74) is -1.10. The molecule has 1 aromatic carbocycles. The van der Waals surface area contributed by atoms with Gasteiger partial charge in [-0.25, -0.2) is 4.79 Å². The van der Waals surface area contributed by atoms with Gasteiger partial charge in [0.1, 0.15) is 0 Å². The van der Waals surface area contributed by atoms with Crippen LogP contribution in [-0.2, 0) is 9.53 Å². The third-order valence-corrected chi connectivity index (χ3v) is 4.41. The number of piperazine rings is 1. The van der Waals surface area contributed by atoms with Crippen molar-refractivity contribution in [3.63, 3.8) is 0 Å². The van der Waals surface area contributed by atoms with E-state index in [9.17, 15) is 18.0 Å². The standard InChI is InChI=1S/C14H15Cl2F3N2O2/c1-13(23-12(22)14(17,18)19)8-20(2)6-7-21(13)10-5-3-4-9(15)11(10)16/h3-5H,6-8H2,1-2H3/t13-/m1/s1. The molecule has 0 aliphatic carbocycles. The average Bonchev–Trinajstić information content (AvgIpc) is 2.41. The molecule has 128 valence electrons. The van der Waals surface area contributed by atoms with Crippen LogP contribution >= 0.6 is 23.2 Å². The van der Waals surface area contributed by atoms with Crippen molar-refractivity contribution < 1.29 is 22.7 Å². The quantitative estimate of drug-likeness (QED) is 0.745. The molecule has 0 aromatic heterocycles. The molecule has 4 nitrogen and oxygen atoms in total. The molecule has 2 rings (SSSR count). The van der Waals surface area contributed by atoms with Crippen LogP contribution in [0.3, 0.4) is 0 Å². The number of alkyl halides is 3. The molecule has 0 unspecified atom stereocenters. The molecule has 1 atom stereocenters. The Morgan fingerprint density at radius 1 is 1.30 bits per heavy atom. The van der Waals surface area contributed by atoms with E-state index >= 15 is 0 Å². The number of hydrogen-bond donors (Lipinski definition) is 0. The Bertz CT molecular complexity index is 612. The molecule has 1 aromatic rings. The van der Waals surface area contributed by atoms with E-state index in [-0.39, 0.29) is 16.6 Å². The van der Waals surface area contributed by atoms with Crippen molar-refractivity contribution >= 4 is 34.9 Å². The van der Waals surface area contributed by atoms with Gasteiger partial charge in [-0.15, -0.1) is 0 Å². The van der Waals surface area contributed by atoms with Gasteiger partial charge >= 0.3 is 12.1 Å². The van der Waals surface area contributed by atoms with Crippen LogP contribution in [0.4, 0.5) is 18.9 Å². The summed E-state index contributed by atoms with van der Waals surface area (Å²) >= 11 is 12.1. The van der Waals surface area contributed by atoms with Crippen molar-refractivity contribution in [1.29, 1.82) is 0 Å². The fraction of sp³-hybridized carbons (Fsp3) is 0.500. The minimum absolute atomic E-state index is 0.0949. The Kier molecular flexibility index (Phi) is 5.03. The van der Waals surface area contributed by atoms with E-state index < -0.39 is 17.9 Å². The topological polar surface area (TPSA) is 32.8 Å². The van der Waals surface area contributed by atoms with Crippen LogP contribution in [0.1, 0.15) is 6.92 Å². The van der Waals surface area contributed by atoms with E-state index in [1.807, 2.05) is 0 Å². The summed E-state index contributed by atoms with van der Waals surface area (Å²) in [6.45, 7) is 2.42. The summed E-state index contributed by atoms with van der Waals surface area (Å²) in [6, 6.07) is 4.83. The highest BCUT2D eigenvalue weighted by Crippen LogP contribution is 2.38. The van der Waals surface area contributed by atoms with E-state index in [4.69, 9.17) is 27.9 Å². The predicted octanol–water partition coefficient (Wildman–Crippen LogP) is 3.57. The zero-order valence-corrected chi connectivity index (χ0v) is 14.0. The van der Waals surface area contributed by atoms with Crippen molar-refractivity contribution in [3.05, 3.63) is 28.2 Å². The zero-order valence-electron chi connectivity index (χ0n) is 12.5. The first-order valence-corrected chi connectivity index (χ1v) is 7.50. The Labute approximate surface area is 141 Å². The summed E-state index contributed by atoms with van der Waals surface area (Å²) in [5, 5.41) is 0.473. The molecule has 0 spiro atoms. The Hall–Kier alpha value is -1.18. The normalized spacial score (nSPS) is 23.0. The number of rotatable bonds is 2. The molecule has 1 fully saturated rings. The number of anilines is 1. The lowest BCUT2D eigenvalue weighted by Crippen LogP contribution is -2.63. The van der Waals surface area contributed by atoms with Crippen molar-refractivity contribution in [2.75, 3.05) is 31.6 Å². The summed E-state index contributed by atoms with van der Waals surface area (Å²) in [6.07, 6.45) is -5.07. The fourth-order valence-electron chi connectivity index (χ4n) is 2.59. The maximum Gasteiger partial charge on any atom is 0.491 e. The summed E-state index contributed by atoms with van der Waals surface area (Å²) in [7, 11) is 1.73. The summed E-state index contributed by atoms with van der Waals surface area (Å²) in [5.74, 6) is -2.24. The van der Waals surface area contributed by atoms with Gasteiger partial charge < -0.3 is 9.64 Å². The second-order valence-corrected chi connectivity index (χ2v) is 6.31. The lowest BCUT2D eigenvalue weighted by molar-refractivity contribution is -0.215. The molecular formula is C14H15Cl2F3N2O2. The lowest BCUT2D eigenvalue weighted by Gasteiger charge is -2.48. The van der Waals surface area contributed by atoms with Crippen LogP contribution < -0.4 is 4.90 Å². The molecule has 1 aliphatic heterocycles. The van der Waals surface area contributed by atoms with Crippen LogP contribution in [0.2, 0.25) is 10.0 Å². The fourth-order valence-corrected chi connectivity index (χ4v) is 2.99. The summed E-state index contributed by atoms with van der Waals surface area (Å²) in [4.78, 5) is 14.6. The van der Waals surface area contributed by atoms with Gasteiger partial charge in [0.05, 0.1) is 22.3 Å². The third-order valence-electron chi connectivity index (χ3n) is 3.61. The summed E-state index contributed by atoms with van der Waals surface area (Å²) < 4.78 is 42.6. The van der Waals surface area contributed by atoms with Crippen molar-refractivity contribution in [3.8, 4) is 0 Å². The van der Waals surface area contributed by atoms with Crippen molar-refractivity contribution in [2.24, 2.45) is 0 Å². The minimum atomic E-state index is -5.07. The maximum absolute atomic E-state index is 12.6. The van der Waals surface area contributed by atoms with Gasteiger partial charge in [-0.1, -0.05) is 29.3 Å². The molecule has 0 bridgehead atoms. The number of halogens is 5. The average molecular weight is 371 g/mol. The number of esters is 1.